The molecule has 1 N–H and O–H groups in total. The maximum absolute atomic E-state index is 11.8. The van der Waals surface area contributed by atoms with Gasteiger partial charge in [-0.25, -0.2) is 8.42 Å². The highest BCUT2D eigenvalue weighted by Crippen LogP contribution is 2.38. The molecule has 1 aromatic carbocycles. The van der Waals surface area contributed by atoms with E-state index in [2.05, 4.69) is 21.2 Å². The number of ether oxygens (including phenoxy) is 1. The summed E-state index contributed by atoms with van der Waals surface area (Å²) in [6.45, 7) is 2.38. The zero-order chi connectivity index (χ0) is 14.2. The van der Waals surface area contributed by atoms with Crippen molar-refractivity contribution in [2.75, 3.05) is 19.9 Å². The van der Waals surface area contributed by atoms with E-state index in [-0.39, 0.29) is 6.04 Å². The molecule has 0 bridgehead atoms. The van der Waals surface area contributed by atoms with Crippen LogP contribution in [0.3, 0.4) is 0 Å². The van der Waals surface area contributed by atoms with Crippen LogP contribution in [0.4, 0.5) is 0 Å². The van der Waals surface area contributed by atoms with Crippen LogP contribution in [-0.2, 0) is 16.3 Å². The summed E-state index contributed by atoms with van der Waals surface area (Å²) in [5.74, 6) is 0.832. The summed E-state index contributed by atoms with van der Waals surface area (Å²) in [4.78, 5) is 0. The number of hydrogen-bond acceptors (Lipinski definition) is 4. The number of nitrogens with one attached hydrogen (secondary N) is 1. The predicted molar refractivity (Wildman–Crippen MR) is 79.4 cm³/mol. The van der Waals surface area contributed by atoms with Gasteiger partial charge in [-0.15, -0.1) is 0 Å². The molecule has 1 aliphatic rings. The van der Waals surface area contributed by atoms with E-state index in [0.29, 0.717) is 6.61 Å². The maximum atomic E-state index is 11.8. The predicted octanol–water partition coefficient (Wildman–Crippen LogP) is 2.08. The molecule has 0 fully saturated rings. The van der Waals surface area contributed by atoms with E-state index in [1.165, 1.54) is 6.26 Å². The third-order valence-electron chi connectivity index (χ3n) is 3.57. The Kier molecular flexibility index (Phi) is 4.23. The van der Waals surface area contributed by atoms with Crippen molar-refractivity contribution in [3.05, 3.63) is 27.7 Å². The minimum atomic E-state index is -3.13. The molecule has 4 nitrogen and oxygen atoms in total. The van der Waals surface area contributed by atoms with Gasteiger partial charge in [-0.05, 0) is 31.7 Å². The first-order chi connectivity index (χ1) is 8.84. The van der Waals surface area contributed by atoms with Crippen LogP contribution in [-0.4, -0.2) is 33.6 Å². The van der Waals surface area contributed by atoms with Gasteiger partial charge >= 0.3 is 0 Å². The van der Waals surface area contributed by atoms with Gasteiger partial charge in [-0.3, -0.25) is 0 Å². The third kappa shape index (κ3) is 2.95. The number of halogens is 1. The van der Waals surface area contributed by atoms with Gasteiger partial charge in [0.05, 0.1) is 17.9 Å². The maximum Gasteiger partial charge on any atom is 0.151 e. The molecule has 2 atom stereocenters. The Morgan fingerprint density at radius 3 is 2.68 bits per heavy atom. The first kappa shape index (κ1) is 14.8. The first-order valence-electron chi connectivity index (χ1n) is 6.16. The summed E-state index contributed by atoms with van der Waals surface area (Å²) in [6, 6.07) is 3.69. The summed E-state index contributed by atoms with van der Waals surface area (Å²) in [7, 11) is -1.35. The molecule has 1 heterocycles. The fourth-order valence-electron chi connectivity index (χ4n) is 2.42. The summed E-state index contributed by atoms with van der Waals surface area (Å²) < 4.78 is 30.2. The smallest absolute Gasteiger partial charge is 0.151 e. The van der Waals surface area contributed by atoms with Gasteiger partial charge in [0.25, 0.3) is 0 Å². The molecular formula is C13H18BrNO3S. The van der Waals surface area contributed by atoms with Gasteiger partial charge in [0.1, 0.15) is 5.75 Å². The first-order valence-corrected chi connectivity index (χ1v) is 8.90. The zero-order valence-electron chi connectivity index (χ0n) is 11.2. The molecule has 106 valence electrons. The average molecular weight is 348 g/mol. The quantitative estimate of drug-likeness (QED) is 0.905. The standard InChI is InChI=1S/C13H18BrNO3S/c1-8(19(3,16)17)12(15-2)11-7-10(14)6-9-4-5-18-13(9)11/h6-8,12,15H,4-5H2,1-3H3. The zero-order valence-corrected chi connectivity index (χ0v) is 13.6. The summed E-state index contributed by atoms with van der Waals surface area (Å²) in [5.41, 5.74) is 2.03. The van der Waals surface area contributed by atoms with Crippen molar-refractivity contribution in [3.8, 4) is 5.75 Å². The monoisotopic (exact) mass is 347 g/mol. The van der Waals surface area contributed by atoms with Gasteiger partial charge in [0.2, 0.25) is 0 Å². The molecule has 0 aliphatic carbocycles. The highest BCUT2D eigenvalue weighted by atomic mass is 79.9. The van der Waals surface area contributed by atoms with E-state index in [1.807, 2.05) is 12.1 Å². The van der Waals surface area contributed by atoms with Crippen LogP contribution < -0.4 is 10.1 Å². The van der Waals surface area contributed by atoms with Crippen LogP contribution in [0.5, 0.6) is 5.75 Å². The van der Waals surface area contributed by atoms with E-state index in [4.69, 9.17) is 4.74 Å². The Bertz CT molecular complexity index is 586. The van der Waals surface area contributed by atoms with E-state index in [0.717, 1.165) is 27.8 Å². The van der Waals surface area contributed by atoms with Crippen molar-refractivity contribution in [2.45, 2.75) is 24.6 Å². The van der Waals surface area contributed by atoms with Crippen molar-refractivity contribution >= 4 is 25.8 Å². The molecule has 19 heavy (non-hydrogen) atoms. The van der Waals surface area contributed by atoms with Gasteiger partial charge in [-0.1, -0.05) is 15.9 Å². The minimum absolute atomic E-state index is 0.278. The lowest BCUT2D eigenvalue weighted by atomic mass is 10.00. The van der Waals surface area contributed by atoms with Gasteiger partial charge in [-0.2, -0.15) is 0 Å². The molecule has 6 heteroatoms. The number of fused-ring (bicyclic) bond motifs is 1. The lowest BCUT2D eigenvalue weighted by molar-refractivity contribution is 0.348. The van der Waals surface area contributed by atoms with Crippen molar-refractivity contribution in [1.29, 1.82) is 0 Å². The fourth-order valence-corrected chi connectivity index (χ4v) is 3.72. The number of hydrogen-bond donors (Lipinski definition) is 1. The largest absolute Gasteiger partial charge is 0.493 e. The summed E-state index contributed by atoms with van der Waals surface area (Å²) >= 11 is 3.48. The average Bonchev–Trinajstić information content (AvgIpc) is 2.76. The summed E-state index contributed by atoms with van der Waals surface area (Å²) in [5, 5.41) is 2.59. The minimum Gasteiger partial charge on any atom is -0.493 e. The van der Waals surface area contributed by atoms with Crippen molar-refractivity contribution in [1.82, 2.24) is 5.32 Å². The highest BCUT2D eigenvalue weighted by molar-refractivity contribution is 9.10. The van der Waals surface area contributed by atoms with Crippen LogP contribution in [0, 0.1) is 0 Å². The second-order valence-electron chi connectivity index (χ2n) is 4.88. The molecule has 1 aromatic rings. The van der Waals surface area contributed by atoms with Crippen LogP contribution in [0.1, 0.15) is 24.1 Å². The third-order valence-corrected chi connectivity index (χ3v) is 5.65. The van der Waals surface area contributed by atoms with E-state index in [9.17, 15) is 8.42 Å². The van der Waals surface area contributed by atoms with Crippen molar-refractivity contribution in [3.63, 3.8) is 0 Å². The topological polar surface area (TPSA) is 55.4 Å². The fraction of sp³-hybridized carbons (Fsp3) is 0.538. The Hall–Kier alpha value is -0.590. The lowest BCUT2D eigenvalue weighted by Gasteiger charge is -2.24. The molecule has 0 saturated heterocycles. The second-order valence-corrected chi connectivity index (χ2v) is 8.20. The molecular weight excluding hydrogens is 330 g/mol. The molecule has 0 spiro atoms. The normalized spacial score (nSPS) is 17.7. The van der Waals surface area contributed by atoms with E-state index in [1.54, 1.807) is 14.0 Å². The molecule has 1 aliphatic heterocycles. The van der Waals surface area contributed by atoms with Crippen LogP contribution >= 0.6 is 15.9 Å². The Morgan fingerprint density at radius 2 is 2.11 bits per heavy atom. The number of rotatable bonds is 4. The number of benzene rings is 1. The van der Waals surface area contributed by atoms with Gasteiger partial charge < -0.3 is 10.1 Å². The van der Waals surface area contributed by atoms with Crippen molar-refractivity contribution < 1.29 is 13.2 Å². The van der Waals surface area contributed by atoms with Crippen LogP contribution in [0.15, 0.2) is 16.6 Å². The highest BCUT2D eigenvalue weighted by Gasteiger charge is 2.30. The van der Waals surface area contributed by atoms with E-state index < -0.39 is 15.1 Å². The molecule has 0 aromatic heterocycles. The molecule has 2 rings (SSSR count). The van der Waals surface area contributed by atoms with Crippen LogP contribution in [0.2, 0.25) is 0 Å². The van der Waals surface area contributed by atoms with Crippen molar-refractivity contribution in [2.24, 2.45) is 0 Å². The van der Waals surface area contributed by atoms with Crippen LogP contribution in [0.25, 0.3) is 0 Å². The molecule has 0 radical (unpaired) electrons. The van der Waals surface area contributed by atoms with Gasteiger partial charge in [0.15, 0.2) is 9.84 Å². The molecule has 0 amide bonds. The molecule has 0 saturated carbocycles. The summed E-state index contributed by atoms with van der Waals surface area (Å²) in [6.07, 6.45) is 2.13. The Labute approximate surface area is 122 Å². The van der Waals surface area contributed by atoms with Gasteiger partial charge in [0, 0.05) is 22.7 Å². The SMILES string of the molecule is CNC(c1cc(Br)cc2c1OCC2)C(C)S(C)(=O)=O. The Balaban J connectivity index is 2.50. The van der Waals surface area contributed by atoms with E-state index >= 15 is 0 Å². The molecule has 2 unspecified atom stereocenters. The second kappa shape index (κ2) is 5.42. The number of sulfone groups is 1. The lowest BCUT2D eigenvalue weighted by Crippen LogP contribution is -2.33. The Morgan fingerprint density at radius 1 is 1.42 bits per heavy atom.